The molecule has 1 atom stereocenters. The van der Waals surface area contributed by atoms with E-state index in [-0.39, 0.29) is 16.8 Å². The quantitative estimate of drug-likeness (QED) is 0.128. The molecule has 0 bridgehead atoms. The van der Waals surface area contributed by atoms with Crippen LogP contribution in [0.2, 0.25) is 0 Å². The lowest BCUT2D eigenvalue weighted by Crippen LogP contribution is -2.58. The summed E-state index contributed by atoms with van der Waals surface area (Å²) in [6, 6.07) is 10.4. The molecule has 0 amide bonds. The van der Waals surface area contributed by atoms with Crippen molar-refractivity contribution in [1.82, 2.24) is 0 Å². The lowest BCUT2D eigenvalue weighted by molar-refractivity contribution is -0.366. The van der Waals surface area contributed by atoms with Gasteiger partial charge in [-0.05, 0) is 89.9 Å². The van der Waals surface area contributed by atoms with Crippen LogP contribution in [0.25, 0.3) is 5.57 Å². The SMILES string of the molecule is Cc1cc(C(C)(C)c2ccc(C(C)(C)c3cc(C)c(N)c(C(C)(O)C(F)(F)F)c3)c(C)c2)ccc1/C(=C/C(O)(C(F)(F)F)C(F)(F)F)CC(O)(C(F)(F)F)C(F)(F)F. The zero-order valence-corrected chi connectivity index (χ0v) is 32.0. The maximum absolute atomic E-state index is 13.8. The number of hydrogen-bond donors (Lipinski definition) is 4. The molecule has 3 aromatic rings. The molecule has 58 heavy (non-hydrogen) atoms. The van der Waals surface area contributed by atoms with Gasteiger partial charge in [-0.25, -0.2) is 0 Å². The van der Waals surface area contributed by atoms with Crippen molar-refractivity contribution in [1.29, 1.82) is 0 Å². The average molecular weight is 856 g/mol. The Morgan fingerprint density at radius 3 is 1.34 bits per heavy atom. The molecule has 324 valence electrons. The largest absolute Gasteiger partial charge is 0.430 e. The van der Waals surface area contributed by atoms with Crippen LogP contribution >= 0.6 is 0 Å². The maximum atomic E-state index is 13.8. The highest BCUT2D eigenvalue weighted by atomic mass is 19.4. The Labute approximate surface area is 323 Å². The number of aliphatic hydroxyl groups is 3. The van der Waals surface area contributed by atoms with Crippen molar-refractivity contribution in [2.45, 2.75) is 120 Å². The number of alkyl halides is 15. The van der Waals surface area contributed by atoms with E-state index in [0.29, 0.717) is 35.2 Å². The van der Waals surface area contributed by atoms with Crippen molar-refractivity contribution in [3.63, 3.8) is 0 Å². The van der Waals surface area contributed by atoms with Gasteiger partial charge in [-0.3, -0.25) is 0 Å². The van der Waals surface area contributed by atoms with E-state index in [1.165, 1.54) is 6.92 Å². The van der Waals surface area contributed by atoms with Crippen LogP contribution < -0.4 is 5.73 Å². The fourth-order valence-corrected chi connectivity index (χ4v) is 6.64. The zero-order valence-electron chi connectivity index (χ0n) is 32.0. The molecule has 0 fully saturated rings. The number of benzene rings is 3. The summed E-state index contributed by atoms with van der Waals surface area (Å²) in [7, 11) is 0. The van der Waals surface area contributed by atoms with E-state index in [4.69, 9.17) is 5.73 Å². The van der Waals surface area contributed by atoms with Gasteiger partial charge in [-0.15, -0.1) is 0 Å². The van der Waals surface area contributed by atoms with E-state index >= 15 is 0 Å². The van der Waals surface area contributed by atoms with Crippen LogP contribution in [-0.4, -0.2) is 57.4 Å². The highest BCUT2D eigenvalue weighted by Gasteiger charge is 2.72. The second kappa shape index (κ2) is 14.6. The normalized spacial score (nSPS) is 15.8. The molecule has 19 heteroatoms. The van der Waals surface area contributed by atoms with E-state index in [9.17, 15) is 81.2 Å². The second-order valence-corrected chi connectivity index (χ2v) is 15.6. The molecule has 0 aliphatic rings. The van der Waals surface area contributed by atoms with Crippen LogP contribution in [0.1, 0.15) is 91.1 Å². The first kappa shape index (κ1) is 48.4. The second-order valence-electron chi connectivity index (χ2n) is 15.6. The van der Waals surface area contributed by atoms with Crippen LogP contribution in [0.3, 0.4) is 0 Å². The Bertz CT molecular complexity index is 2020. The van der Waals surface area contributed by atoms with Crippen molar-refractivity contribution >= 4 is 11.3 Å². The van der Waals surface area contributed by atoms with E-state index in [0.717, 1.165) is 25.1 Å². The van der Waals surface area contributed by atoms with Gasteiger partial charge in [0.1, 0.15) is 0 Å². The van der Waals surface area contributed by atoms with Gasteiger partial charge in [-0.2, -0.15) is 65.9 Å². The van der Waals surface area contributed by atoms with Crippen LogP contribution in [-0.2, 0) is 16.4 Å². The molecule has 3 aromatic carbocycles. The predicted octanol–water partition coefficient (Wildman–Crippen LogP) is 11.1. The first-order valence-corrected chi connectivity index (χ1v) is 17.0. The highest BCUT2D eigenvalue weighted by Crippen LogP contribution is 2.52. The Morgan fingerprint density at radius 2 is 0.948 bits per heavy atom. The minimum Gasteiger partial charge on any atom is -0.398 e. The lowest BCUT2D eigenvalue weighted by Gasteiger charge is -2.35. The van der Waals surface area contributed by atoms with Crippen molar-refractivity contribution in [3.8, 4) is 0 Å². The van der Waals surface area contributed by atoms with E-state index < -0.39 is 93.3 Å². The number of anilines is 1. The first-order chi connectivity index (χ1) is 25.6. The van der Waals surface area contributed by atoms with Crippen LogP contribution in [0.4, 0.5) is 71.5 Å². The molecule has 0 aromatic heterocycles. The molecule has 0 spiro atoms. The molecule has 0 saturated carbocycles. The highest BCUT2D eigenvalue weighted by molar-refractivity contribution is 5.71. The molecule has 0 radical (unpaired) electrons. The molecule has 5 N–H and O–H groups in total. The van der Waals surface area contributed by atoms with Gasteiger partial charge in [0.2, 0.25) is 0 Å². The van der Waals surface area contributed by atoms with Gasteiger partial charge >= 0.3 is 30.9 Å². The Kier molecular flexibility index (Phi) is 12.2. The van der Waals surface area contributed by atoms with Crippen molar-refractivity contribution < 1.29 is 81.2 Å². The molecule has 0 saturated heterocycles. The third-order valence-electron chi connectivity index (χ3n) is 10.7. The topological polar surface area (TPSA) is 86.7 Å². The summed E-state index contributed by atoms with van der Waals surface area (Å²) < 4.78 is 206. The average Bonchev–Trinajstić information content (AvgIpc) is 3.02. The summed E-state index contributed by atoms with van der Waals surface area (Å²) in [6.07, 6.45) is -35.9. The minimum absolute atomic E-state index is 0.205. The fourth-order valence-electron chi connectivity index (χ4n) is 6.64. The molecule has 0 aliphatic heterocycles. The third-order valence-corrected chi connectivity index (χ3v) is 10.7. The number of hydrogen-bond acceptors (Lipinski definition) is 4. The number of rotatable bonds is 9. The zero-order chi connectivity index (χ0) is 45.4. The summed E-state index contributed by atoms with van der Waals surface area (Å²) in [5.74, 6) is 0. The monoisotopic (exact) mass is 855 g/mol. The molecule has 1 unspecified atom stereocenters. The summed E-state index contributed by atoms with van der Waals surface area (Å²) >= 11 is 0. The van der Waals surface area contributed by atoms with Crippen molar-refractivity contribution in [2.24, 2.45) is 0 Å². The molecule has 0 aliphatic carbocycles. The van der Waals surface area contributed by atoms with Crippen molar-refractivity contribution in [2.75, 3.05) is 5.73 Å². The summed E-state index contributed by atoms with van der Waals surface area (Å²) in [6.45, 7) is 11.2. The van der Waals surface area contributed by atoms with E-state index in [1.54, 1.807) is 58.9 Å². The van der Waals surface area contributed by atoms with Gasteiger partial charge in [0, 0.05) is 28.5 Å². The number of nitrogens with two attached hydrogens (primary N) is 1. The number of aryl methyl sites for hydroxylation is 3. The molecule has 0 heterocycles. The third kappa shape index (κ3) is 8.40. The summed E-state index contributed by atoms with van der Waals surface area (Å²) in [4.78, 5) is 0. The number of nitrogen functional groups attached to an aromatic ring is 1. The van der Waals surface area contributed by atoms with Crippen LogP contribution in [0.5, 0.6) is 0 Å². The van der Waals surface area contributed by atoms with Gasteiger partial charge < -0.3 is 21.1 Å². The first-order valence-electron chi connectivity index (χ1n) is 17.0. The van der Waals surface area contributed by atoms with E-state index in [2.05, 4.69) is 0 Å². The summed E-state index contributed by atoms with van der Waals surface area (Å²) in [5.41, 5.74) is -13.2. The Hall–Kier alpha value is -3.97. The Balaban J connectivity index is 2.22. The molecular formula is C39H40F15NO3. The molecule has 4 nitrogen and oxygen atoms in total. The smallest absolute Gasteiger partial charge is 0.398 e. The predicted molar refractivity (Wildman–Crippen MR) is 185 cm³/mol. The van der Waals surface area contributed by atoms with Crippen LogP contribution in [0.15, 0.2) is 54.6 Å². The minimum atomic E-state index is -6.70. The van der Waals surface area contributed by atoms with Gasteiger partial charge in [0.25, 0.3) is 11.2 Å². The molecule has 3 rings (SSSR count). The Morgan fingerprint density at radius 1 is 0.517 bits per heavy atom. The van der Waals surface area contributed by atoms with Gasteiger partial charge in [0.15, 0.2) is 5.60 Å². The standard InChI is InChI=1S/C39H40F15NO3/c1-19-13-23(9-11-26(19)22(17-33(57,36(43,44)45)37(46,47)48)18-34(58,38(49,50)51)39(52,53)54)30(4,5)24-10-12-27(20(2)14-24)31(6,7)25-15-21(3)29(55)28(16-25)32(8,56)35(40,41)42/h9-17,56-58H,18,55H2,1-8H3/b22-17+. The molecular weight excluding hydrogens is 815 g/mol. The lowest BCUT2D eigenvalue weighted by atomic mass is 9.71. The van der Waals surface area contributed by atoms with Gasteiger partial charge in [0.05, 0.1) is 0 Å². The van der Waals surface area contributed by atoms with Crippen molar-refractivity contribution in [3.05, 3.63) is 105 Å². The maximum Gasteiger partial charge on any atom is 0.430 e. The van der Waals surface area contributed by atoms with E-state index in [1.807, 2.05) is 0 Å². The summed E-state index contributed by atoms with van der Waals surface area (Å²) in [5, 5.41) is 30.1. The van der Waals surface area contributed by atoms with Crippen LogP contribution in [0, 0.1) is 20.8 Å². The number of halogens is 15. The fraction of sp³-hybridized carbons (Fsp3) is 0.487. The van der Waals surface area contributed by atoms with Gasteiger partial charge in [-0.1, -0.05) is 70.2 Å².